The van der Waals surface area contributed by atoms with Crippen LogP contribution in [0.3, 0.4) is 0 Å². The number of halogens is 1. The molecule has 3 rings (SSSR count). The van der Waals surface area contributed by atoms with Crippen molar-refractivity contribution in [1.29, 1.82) is 0 Å². The molecule has 1 aliphatic heterocycles. The molecule has 0 unspecified atom stereocenters. The van der Waals surface area contributed by atoms with Gasteiger partial charge in [-0.25, -0.2) is 12.8 Å². The van der Waals surface area contributed by atoms with Gasteiger partial charge in [0.15, 0.2) is 0 Å². The number of sulfonamides is 1. The van der Waals surface area contributed by atoms with Crippen molar-refractivity contribution in [3.8, 4) is 0 Å². The van der Waals surface area contributed by atoms with Gasteiger partial charge in [-0.2, -0.15) is 0 Å². The Morgan fingerprint density at radius 3 is 2.19 bits per heavy atom. The average Bonchev–Trinajstić information content (AvgIpc) is 2.68. The predicted octanol–water partition coefficient (Wildman–Crippen LogP) is 1.79. The molecule has 0 aliphatic carbocycles. The fourth-order valence-electron chi connectivity index (χ4n) is 2.92. The summed E-state index contributed by atoms with van der Waals surface area (Å²) < 4.78 is 40.6. The fraction of sp³-hybridized carbons (Fsp3) is 0.316. The largest absolute Gasteiger partial charge is 0.339 e. The molecule has 1 saturated heterocycles. The summed E-state index contributed by atoms with van der Waals surface area (Å²) in [5.74, 6) is -0.742. The molecule has 0 spiro atoms. The lowest BCUT2D eigenvalue weighted by molar-refractivity contribution is -0.131. The highest BCUT2D eigenvalue weighted by atomic mass is 32.2. The van der Waals surface area contributed by atoms with E-state index in [1.807, 2.05) is 7.05 Å². The van der Waals surface area contributed by atoms with Crippen LogP contribution in [0.2, 0.25) is 0 Å². The molecule has 0 atom stereocenters. The van der Waals surface area contributed by atoms with Crippen molar-refractivity contribution in [2.24, 2.45) is 0 Å². The van der Waals surface area contributed by atoms with Gasteiger partial charge in [-0.1, -0.05) is 18.2 Å². The smallest absolute Gasteiger partial charge is 0.264 e. The first kappa shape index (κ1) is 19.3. The number of amides is 1. The lowest BCUT2D eigenvalue weighted by atomic mass is 10.3. The van der Waals surface area contributed by atoms with E-state index in [-0.39, 0.29) is 23.0 Å². The van der Waals surface area contributed by atoms with Gasteiger partial charge >= 0.3 is 0 Å². The molecule has 1 aliphatic rings. The second kappa shape index (κ2) is 8.06. The maximum atomic E-state index is 13.3. The van der Waals surface area contributed by atoms with Gasteiger partial charge in [0.2, 0.25) is 5.91 Å². The van der Waals surface area contributed by atoms with Gasteiger partial charge in [-0.15, -0.1) is 0 Å². The number of hydrogen-bond acceptors (Lipinski definition) is 4. The highest BCUT2D eigenvalue weighted by Gasteiger charge is 2.29. The summed E-state index contributed by atoms with van der Waals surface area (Å²) in [6.45, 7) is 2.27. The van der Waals surface area contributed by atoms with Crippen molar-refractivity contribution in [1.82, 2.24) is 9.80 Å². The summed E-state index contributed by atoms with van der Waals surface area (Å²) >= 11 is 0. The maximum Gasteiger partial charge on any atom is 0.264 e. The Morgan fingerprint density at radius 1 is 1.00 bits per heavy atom. The molecule has 0 radical (unpaired) electrons. The summed E-state index contributed by atoms with van der Waals surface area (Å²) in [6, 6.07) is 13.0. The summed E-state index contributed by atoms with van der Waals surface area (Å²) in [6.07, 6.45) is 0. The van der Waals surface area contributed by atoms with Gasteiger partial charge in [0.1, 0.15) is 12.4 Å². The van der Waals surface area contributed by atoms with Crippen LogP contribution in [-0.2, 0) is 14.8 Å². The Bertz CT molecular complexity index is 880. The molecule has 0 bridgehead atoms. The summed E-state index contributed by atoms with van der Waals surface area (Å²) in [4.78, 5) is 16.6. The van der Waals surface area contributed by atoms with Crippen molar-refractivity contribution in [2.75, 3.05) is 44.1 Å². The number of rotatable bonds is 5. The SMILES string of the molecule is CN1CCN(C(=O)CN(c2ccc(F)cc2)S(=O)(=O)c2ccccc2)CC1. The number of piperazine rings is 1. The van der Waals surface area contributed by atoms with E-state index in [4.69, 9.17) is 0 Å². The zero-order chi connectivity index (χ0) is 19.4. The zero-order valence-electron chi connectivity index (χ0n) is 15.1. The van der Waals surface area contributed by atoms with Crippen molar-refractivity contribution < 1.29 is 17.6 Å². The van der Waals surface area contributed by atoms with E-state index in [2.05, 4.69) is 4.90 Å². The minimum absolute atomic E-state index is 0.0838. The average molecular weight is 391 g/mol. The van der Waals surface area contributed by atoms with Crippen LogP contribution in [0.4, 0.5) is 10.1 Å². The van der Waals surface area contributed by atoms with E-state index in [9.17, 15) is 17.6 Å². The molecular weight excluding hydrogens is 369 g/mol. The number of nitrogens with zero attached hydrogens (tertiary/aromatic N) is 3. The van der Waals surface area contributed by atoms with Gasteiger partial charge in [0.25, 0.3) is 10.0 Å². The van der Waals surface area contributed by atoms with Crippen LogP contribution in [0.5, 0.6) is 0 Å². The first-order valence-electron chi connectivity index (χ1n) is 8.67. The number of carbonyl (C=O) groups is 1. The molecule has 6 nitrogen and oxygen atoms in total. The lowest BCUT2D eigenvalue weighted by Crippen LogP contribution is -2.50. The fourth-order valence-corrected chi connectivity index (χ4v) is 4.36. The van der Waals surface area contributed by atoms with Crippen LogP contribution in [0, 0.1) is 5.82 Å². The molecule has 1 fully saturated rings. The van der Waals surface area contributed by atoms with Crippen molar-refractivity contribution in [2.45, 2.75) is 4.90 Å². The molecule has 144 valence electrons. The topological polar surface area (TPSA) is 60.9 Å². The number of carbonyl (C=O) groups excluding carboxylic acids is 1. The van der Waals surface area contributed by atoms with Crippen LogP contribution in [0.1, 0.15) is 0 Å². The lowest BCUT2D eigenvalue weighted by Gasteiger charge is -2.34. The van der Waals surface area contributed by atoms with E-state index < -0.39 is 15.8 Å². The molecule has 2 aromatic carbocycles. The van der Waals surface area contributed by atoms with Crippen LogP contribution < -0.4 is 4.31 Å². The molecule has 8 heteroatoms. The number of anilines is 1. The molecule has 27 heavy (non-hydrogen) atoms. The second-order valence-corrected chi connectivity index (χ2v) is 8.35. The minimum atomic E-state index is -3.96. The molecule has 0 N–H and O–H groups in total. The highest BCUT2D eigenvalue weighted by Crippen LogP contribution is 2.24. The third-order valence-corrected chi connectivity index (χ3v) is 6.37. The Hall–Kier alpha value is -2.45. The number of hydrogen-bond donors (Lipinski definition) is 0. The zero-order valence-corrected chi connectivity index (χ0v) is 15.9. The van der Waals surface area contributed by atoms with Crippen LogP contribution in [-0.4, -0.2) is 63.9 Å². The molecule has 0 aromatic heterocycles. The molecular formula is C19H22FN3O3S. The number of likely N-dealkylation sites (N-methyl/N-ethyl adjacent to an activating group) is 1. The highest BCUT2D eigenvalue weighted by molar-refractivity contribution is 7.92. The van der Waals surface area contributed by atoms with Crippen molar-refractivity contribution >= 4 is 21.6 Å². The maximum absolute atomic E-state index is 13.3. The van der Waals surface area contributed by atoms with Gasteiger partial charge in [-0.3, -0.25) is 9.10 Å². The summed E-state index contributed by atoms with van der Waals surface area (Å²) in [7, 11) is -1.98. The third-order valence-electron chi connectivity index (χ3n) is 4.58. The molecule has 1 heterocycles. The second-order valence-electron chi connectivity index (χ2n) is 6.49. The molecule has 1 amide bonds. The first-order chi connectivity index (χ1) is 12.9. The van der Waals surface area contributed by atoms with E-state index in [0.717, 1.165) is 17.4 Å². The van der Waals surface area contributed by atoms with Gasteiger partial charge in [0, 0.05) is 26.2 Å². The van der Waals surface area contributed by atoms with E-state index in [0.29, 0.717) is 13.1 Å². The Morgan fingerprint density at radius 2 is 1.59 bits per heavy atom. The summed E-state index contributed by atoms with van der Waals surface area (Å²) in [5.41, 5.74) is 0.253. The quantitative estimate of drug-likeness (QED) is 0.780. The minimum Gasteiger partial charge on any atom is -0.339 e. The van der Waals surface area contributed by atoms with Crippen LogP contribution in [0.15, 0.2) is 59.5 Å². The Kier molecular flexibility index (Phi) is 5.76. The van der Waals surface area contributed by atoms with Crippen LogP contribution in [0.25, 0.3) is 0 Å². The predicted molar refractivity (Wildman–Crippen MR) is 101 cm³/mol. The van der Waals surface area contributed by atoms with Gasteiger partial charge in [0.05, 0.1) is 10.6 Å². The number of benzene rings is 2. The van der Waals surface area contributed by atoms with E-state index >= 15 is 0 Å². The Labute approximate surface area is 158 Å². The standard InChI is InChI=1S/C19H22FN3O3S/c1-21-11-13-22(14-12-21)19(24)15-23(17-9-7-16(20)8-10-17)27(25,26)18-5-3-2-4-6-18/h2-10H,11-15H2,1H3. The molecule has 2 aromatic rings. The third kappa shape index (κ3) is 4.45. The van der Waals surface area contributed by atoms with Gasteiger partial charge in [-0.05, 0) is 43.4 Å². The monoisotopic (exact) mass is 391 g/mol. The Balaban J connectivity index is 1.91. The molecule has 0 saturated carbocycles. The van der Waals surface area contributed by atoms with E-state index in [1.54, 1.807) is 23.1 Å². The van der Waals surface area contributed by atoms with E-state index in [1.165, 1.54) is 36.4 Å². The van der Waals surface area contributed by atoms with Crippen LogP contribution >= 0.6 is 0 Å². The first-order valence-corrected chi connectivity index (χ1v) is 10.1. The van der Waals surface area contributed by atoms with Crippen molar-refractivity contribution in [3.63, 3.8) is 0 Å². The summed E-state index contributed by atoms with van der Waals surface area (Å²) in [5, 5.41) is 0. The van der Waals surface area contributed by atoms with Gasteiger partial charge < -0.3 is 9.80 Å². The normalized spacial score (nSPS) is 15.6. The van der Waals surface area contributed by atoms with Crippen molar-refractivity contribution in [3.05, 3.63) is 60.4 Å².